The Labute approximate surface area is 259 Å². The van der Waals surface area contributed by atoms with Crippen molar-refractivity contribution in [1.82, 2.24) is 0 Å². The molecule has 1 aliphatic rings. The first-order valence-electron chi connectivity index (χ1n) is 15.6. The number of esters is 1. The summed E-state index contributed by atoms with van der Waals surface area (Å²) in [7, 11) is 0. The van der Waals surface area contributed by atoms with Crippen LogP contribution in [-0.4, -0.2) is 53.5 Å². The van der Waals surface area contributed by atoms with E-state index in [2.05, 4.69) is 6.92 Å². The molecule has 0 aromatic rings. The number of aliphatic hydroxyl groups is 2. The van der Waals surface area contributed by atoms with Crippen molar-refractivity contribution in [3.63, 3.8) is 0 Å². The molecule has 6 nitrogen and oxygen atoms in total. The molecule has 7 heteroatoms. The van der Waals surface area contributed by atoms with Crippen molar-refractivity contribution in [3.8, 4) is 0 Å². The maximum atomic E-state index is 12.1. The second-order valence-corrected chi connectivity index (χ2v) is 11.2. The number of aliphatic hydroxyl groups excluding tert-OH is 2. The summed E-state index contributed by atoms with van der Waals surface area (Å²) < 4.78 is 16.4. The van der Waals surface area contributed by atoms with Gasteiger partial charge in [-0.25, -0.2) is 6.42 Å². The molecule has 1 rings (SSSR count). The van der Waals surface area contributed by atoms with Gasteiger partial charge in [0, 0.05) is 45.4 Å². The van der Waals surface area contributed by atoms with E-state index in [9.17, 15) is 15.0 Å². The average Bonchev–Trinajstić information content (AvgIpc) is 2.86. The molecular formula is C31H59O6Y-. The first-order chi connectivity index (χ1) is 17.9. The van der Waals surface area contributed by atoms with Crippen molar-refractivity contribution in [2.75, 3.05) is 6.61 Å². The van der Waals surface area contributed by atoms with E-state index in [1.165, 1.54) is 109 Å². The molecule has 0 bridgehead atoms. The summed E-state index contributed by atoms with van der Waals surface area (Å²) in [4.78, 5) is 12.1. The molecule has 1 radical (unpaired) electrons. The van der Waals surface area contributed by atoms with Gasteiger partial charge in [-0.1, -0.05) is 122 Å². The van der Waals surface area contributed by atoms with Crippen LogP contribution in [0.1, 0.15) is 149 Å². The van der Waals surface area contributed by atoms with Crippen molar-refractivity contribution in [2.45, 2.75) is 180 Å². The maximum Gasteiger partial charge on any atom is 0.305 e. The van der Waals surface area contributed by atoms with Crippen LogP contribution in [0.4, 0.5) is 0 Å². The van der Waals surface area contributed by atoms with E-state index in [0.29, 0.717) is 6.42 Å². The SMILES string of the molecule is CCCCCCCCCCCCCCCCCCCCCC(=O)OCC1O[C@@H](OC(C)C)[CH-][C@@H](O)[C@H]1O.[Y]. The van der Waals surface area contributed by atoms with Gasteiger partial charge in [-0.3, -0.25) is 4.79 Å². The van der Waals surface area contributed by atoms with Crippen LogP contribution < -0.4 is 0 Å². The van der Waals surface area contributed by atoms with Gasteiger partial charge in [0.1, 0.15) is 12.7 Å². The normalized spacial score (nSPS) is 21.4. The third kappa shape index (κ3) is 21.2. The summed E-state index contributed by atoms with van der Waals surface area (Å²) in [5, 5.41) is 20.1. The van der Waals surface area contributed by atoms with Crippen LogP contribution >= 0.6 is 0 Å². The third-order valence-electron chi connectivity index (χ3n) is 7.19. The quantitative estimate of drug-likeness (QED) is 0.0667. The monoisotopic (exact) mass is 616 g/mol. The van der Waals surface area contributed by atoms with E-state index in [-0.39, 0.29) is 51.4 Å². The molecule has 0 aliphatic carbocycles. The molecule has 2 N–H and O–H groups in total. The van der Waals surface area contributed by atoms with Crippen molar-refractivity contribution in [1.29, 1.82) is 0 Å². The topological polar surface area (TPSA) is 85.2 Å². The Morgan fingerprint density at radius 1 is 0.763 bits per heavy atom. The Morgan fingerprint density at radius 3 is 1.61 bits per heavy atom. The first-order valence-corrected chi connectivity index (χ1v) is 15.6. The zero-order valence-electron chi connectivity index (χ0n) is 24.9. The van der Waals surface area contributed by atoms with Gasteiger partial charge in [-0.05, 0) is 26.4 Å². The molecule has 0 spiro atoms. The Kier molecular flexibility index (Phi) is 26.6. The largest absolute Gasteiger partial charge is 0.463 e. The number of carbonyl (C=O) groups is 1. The van der Waals surface area contributed by atoms with Crippen LogP contribution in [0.2, 0.25) is 0 Å². The molecule has 0 saturated carbocycles. The minimum atomic E-state index is -1.13. The zero-order chi connectivity index (χ0) is 27.1. The fourth-order valence-corrected chi connectivity index (χ4v) is 4.87. The van der Waals surface area contributed by atoms with Crippen LogP contribution in [0.25, 0.3) is 0 Å². The second-order valence-electron chi connectivity index (χ2n) is 11.2. The zero-order valence-corrected chi connectivity index (χ0v) is 27.8. The molecule has 1 saturated heterocycles. The van der Waals surface area contributed by atoms with Crippen LogP contribution in [0.3, 0.4) is 0 Å². The van der Waals surface area contributed by atoms with Gasteiger partial charge in [-0.2, -0.15) is 0 Å². The third-order valence-corrected chi connectivity index (χ3v) is 7.19. The van der Waals surface area contributed by atoms with E-state index in [0.717, 1.165) is 19.3 Å². The predicted molar refractivity (Wildman–Crippen MR) is 150 cm³/mol. The Balaban J connectivity index is 0.0000137. The molecule has 1 heterocycles. The number of unbranched alkanes of at least 4 members (excludes halogenated alkanes) is 18. The molecular weight excluding hydrogens is 557 g/mol. The molecule has 0 amide bonds. The molecule has 38 heavy (non-hydrogen) atoms. The van der Waals surface area contributed by atoms with Crippen molar-refractivity contribution in [3.05, 3.63) is 6.42 Å². The minimum absolute atomic E-state index is 0. The Bertz CT molecular complexity index is 532. The fraction of sp³-hybridized carbons (Fsp3) is 0.935. The summed E-state index contributed by atoms with van der Waals surface area (Å²) in [6.07, 6.45) is 23.1. The van der Waals surface area contributed by atoms with Gasteiger partial charge in [0.2, 0.25) is 0 Å². The van der Waals surface area contributed by atoms with Crippen molar-refractivity contribution in [2.24, 2.45) is 0 Å². The number of hydrogen-bond donors (Lipinski definition) is 2. The van der Waals surface area contributed by atoms with E-state index in [1.807, 2.05) is 13.8 Å². The predicted octanol–water partition coefficient (Wildman–Crippen LogP) is 7.42. The molecule has 4 atom stereocenters. The number of carbonyl (C=O) groups excluding carboxylic acids is 1. The molecule has 1 fully saturated rings. The summed E-state index contributed by atoms with van der Waals surface area (Å²) in [6.45, 7) is 5.93. The molecule has 1 aliphatic heterocycles. The number of rotatable bonds is 24. The van der Waals surface area contributed by atoms with Crippen molar-refractivity contribution < 1.29 is 61.9 Å². The van der Waals surface area contributed by atoms with Gasteiger partial charge in [-0.15, -0.1) is 0 Å². The van der Waals surface area contributed by atoms with E-state index < -0.39 is 24.6 Å². The van der Waals surface area contributed by atoms with Gasteiger partial charge >= 0.3 is 5.97 Å². The van der Waals surface area contributed by atoms with Crippen LogP contribution in [-0.2, 0) is 51.7 Å². The summed E-state index contributed by atoms with van der Waals surface area (Å²) >= 11 is 0. The second kappa shape index (κ2) is 26.3. The first kappa shape index (κ1) is 38.4. The van der Waals surface area contributed by atoms with E-state index >= 15 is 0 Å². The van der Waals surface area contributed by atoms with E-state index in [4.69, 9.17) is 14.2 Å². The minimum Gasteiger partial charge on any atom is -0.463 e. The van der Waals surface area contributed by atoms with Gasteiger partial charge < -0.3 is 24.4 Å². The standard InChI is InChI=1S/C31H59O6.Y/c1-4-5-6-7-8-9-10-11-12-13-14-15-16-17-18-19-20-21-22-23-29(33)35-25-28-31(34)27(32)24-30(37-28)36-26(2)3;/h24,26-28,30-32,34H,4-23,25H2,1-3H3;/q-1;/t27-,28?,30-,31-;/m1./s1. The fourth-order valence-electron chi connectivity index (χ4n) is 4.87. The molecule has 223 valence electrons. The number of ether oxygens (including phenoxy) is 3. The average molecular weight is 617 g/mol. The van der Waals surface area contributed by atoms with Crippen molar-refractivity contribution >= 4 is 5.97 Å². The molecule has 1 unspecified atom stereocenters. The smallest absolute Gasteiger partial charge is 0.305 e. The summed E-state index contributed by atoms with van der Waals surface area (Å²) in [6, 6.07) is 0. The Hall–Kier alpha value is 0.414. The van der Waals surface area contributed by atoms with Gasteiger partial charge in [0.25, 0.3) is 0 Å². The Morgan fingerprint density at radius 2 is 1.18 bits per heavy atom. The molecule has 0 aromatic heterocycles. The van der Waals surface area contributed by atoms with Crippen LogP contribution in [0.5, 0.6) is 0 Å². The molecule has 0 aromatic carbocycles. The maximum absolute atomic E-state index is 12.1. The van der Waals surface area contributed by atoms with Crippen LogP contribution in [0, 0.1) is 6.42 Å². The van der Waals surface area contributed by atoms with E-state index in [1.54, 1.807) is 0 Å². The van der Waals surface area contributed by atoms with Crippen LogP contribution in [0.15, 0.2) is 0 Å². The van der Waals surface area contributed by atoms with Gasteiger partial charge in [0.05, 0.1) is 12.2 Å². The number of hydrogen-bond acceptors (Lipinski definition) is 6. The van der Waals surface area contributed by atoms with Gasteiger partial charge in [0.15, 0.2) is 0 Å². The summed E-state index contributed by atoms with van der Waals surface area (Å²) in [5.41, 5.74) is 0. The summed E-state index contributed by atoms with van der Waals surface area (Å²) in [5.74, 6) is -0.284.